The van der Waals surface area contributed by atoms with Crippen molar-refractivity contribution in [3.8, 4) is 0 Å². The van der Waals surface area contributed by atoms with Gasteiger partial charge in [0, 0.05) is 13.2 Å². The van der Waals surface area contributed by atoms with Crippen LogP contribution in [0.25, 0.3) is 0 Å². The summed E-state index contributed by atoms with van der Waals surface area (Å²) in [6.07, 6.45) is 1.57. The van der Waals surface area contributed by atoms with Crippen LogP contribution in [0.3, 0.4) is 0 Å². The number of hydrogen-bond donors (Lipinski definition) is 2. The summed E-state index contributed by atoms with van der Waals surface area (Å²) >= 11 is 0. The summed E-state index contributed by atoms with van der Waals surface area (Å²) in [4.78, 5) is 12.1. The van der Waals surface area contributed by atoms with Gasteiger partial charge in [-0.3, -0.25) is 4.79 Å². The summed E-state index contributed by atoms with van der Waals surface area (Å²) in [6.45, 7) is 7.50. The highest BCUT2D eigenvalue weighted by Gasteiger charge is 2.26. The Morgan fingerprint density at radius 3 is 2.55 bits per heavy atom. The Morgan fingerprint density at radius 1 is 1.30 bits per heavy atom. The van der Waals surface area contributed by atoms with E-state index in [-0.39, 0.29) is 5.91 Å². The highest BCUT2D eigenvalue weighted by molar-refractivity contribution is 5.85. The molecule has 20 heavy (non-hydrogen) atoms. The van der Waals surface area contributed by atoms with Crippen molar-refractivity contribution >= 4 is 5.91 Å². The van der Waals surface area contributed by atoms with Crippen LogP contribution in [-0.4, -0.2) is 18.1 Å². The Bertz CT molecular complexity index is 430. The van der Waals surface area contributed by atoms with E-state index in [1.165, 1.54) is 0 Å². The number of amides is 1. The van der Waals surface area contributed by atoms with Crippen molar-refractivity contribution in [1.82, 2.24) is 5.32 Å². The molecular formula is C16H26N2O2. The molecule has 0 aliphatic rings. The zero-order valence-electron chi connectivity index (χ0n) is 12.7. The van der Waals surface area contributed by atoms with Crippen molar-refractivity contribution in [2.75, 3.05) is 6.61 Å². The van der Waals surface area contributed by atoms with E-state index in [1.54, 1.807) is 6.92 Å². The van der Waals surface area contributed by atoms with E-state index in [1.807, 2.05) is 38.1 Å². The highest BCUT2D eigenvalue weighted by Crippen LogP contribution is 2.12. The minimum atomic E-state index is -0.802. The number of rotatable bonds is 8. The zero-order valence-corrected chi connectivity index (χ0v) is 12.7. The summed E-state index contributed by atoms with van der Waals surface area (Å²) < 4.78 is 5.44. The number of nitrogens with two attached hydrogens (primary N) is 1. The second kappa shape index (κ2) is 8.02. The van der Waals surface area contributed by atoms with Gasteiger partial charge in [-0.05, 0) is 31.4 Å². The first kappa shape index (κ1) is 16.7. The predicted molar refractivity (Wildman–Crippen MR) is 81.1 cm³/mol. The van der Waals surface area contributed by atoms with Crippen LogP contribution in [0, 0.1) is 0 Å². The summed E-state index contributed by atoms with van der Waals surface area (Å²) in [7, 11) is 0. The Labute approximate surface area is 121 Å². The maximum atomic E-state index is 12.1. The largest absolute Gasteiger partial charge is 0.377 e. The maximum Gasteiger partial charge on any atom is 0.240 e. The predicted octanol–water partition coefficient (Wildman–Crippen LogP) is 2.36. The van der Waals surface area contributed by atoms with Crippen LogP contribution in [-0.2, 0) is 22.7 Å². The minimum absolute atomic E-state index is 0.106. The second-order valence-corrected chi connectivity index (χ2v) is 5.26. The molecule has 4 nitrogen and oxygen atoms in total. The molecule has 3 N–H and O–H groups in total. The van der Waals surface area contributed by atoms with Gasteiger partial charge in [0.2, 0.25) is 5.91 Å². The molecule has 0 saturated heterocycles. The summed E-state index contributed by atoms with van der Waals surface area (Å²) in [6, 6.07) is 7.96. The SMILES string of the molecule is CCCC(C)(N)C(=O)NCc1ccccc1COCC. The lowest BCUT2D eigenvalue weighted by atomic mass is 9.96. The van der Waals surface area contributed by atoms with E-state index in [4.69, 9.17) is 10.5 Å². The quantitative estimate of drug-likeness (QED) is 0.767. The molecule has 112 valence electrons. The van der Waals surface area contributed by atoms with Crippen molar-refractivity contribution < 1.29 is 9.53 Å². The van der Waals surface area contributed by atoms with Crippen LogP contribution < -0.4 is 11.1 Å². The molecule has 0 saturated carbocycles. The van der Waals surface area contributed by atoms with E-state index in [9.17, 15) is 4.79 Å². The Kier molecular flexibility index (Phi) is 6.68. The van der Waals surface area contributed by atoms with Crippen LogP contribution >= 0.6 is 0 Å². The topological polar surface area (TPSA) is 64.4 Å². The Morgan fingerprint density at radius 2 is 1.95 bits per heavy atom. The molecule has 4 heteroatoms. The molecule has 0 aliphatic carbocycles. The van der Waals surface area contributed by atoms with E-state index < -0.39 is 5.54 Å². The van der Waals surface area contributed by atoms with Crippen LogP contribution in [0.2, 0.25) is 0 Å². The number of benzene rings is 1. The number of carbonyl (C=O) groups is 1. The second-order valence-electron chi connectivity index (χ2n) is 5.26. The lowest BCUT2D eigenvalue weighted by Crippen LogP contribution is -2.51. The highest BCUT2D eigenvalue weighted by atomic mass is 16.5. The third-order valence-corrected chi connectivity index (χ3v) is 3.31. The van der Waals surface area contributed by atoms with Crippen molar-refractivity contribution in [3.63, 3.8) is 0 Å². The van der Waals surface area contributed by atoms with Gasteiger partial charge < -0.3 is 15.8 Å². The van der Waals surface area contributed by atoms with E-state index in [0.717, 1.165) is 17.5 Å². The van der Waals surface area contributed by atoms with Crippen LogP contribution in [0.5, 0.6) is 0 Å². The maximum absolute atomic E-state index is 12.1. The van der Waals surface area contributed by atoms with Crippen LogP contribution in [0.4, 0.5) is 0 Å². The molecule has 1 atom stereocenters. The van der Waals surface area contributed by atoms with E-state index >= 15 is 0 Å². The van der Waals surface area contributed by atoms with Crippen molar-refractivity contribution in [2.24, 2.45) is 5.73 Å². The van der Waals surface area contributed by atoms with Crippen molar-refractivity contribution in [3.05, 3.63) is 35.4 Å². The van der Waals surface area contributed by atoms with Gasteiger partial charge in [-0.1, -0.05) is 37.6 Å². The fourth-order valence-electron chi connectivity index (χ4n) is 2.09. The van der Waals surface area contributed by atoms with Gasteiger partial charge in [0.25, 0.3) is 0 Å². The molecule has 0 heterocycles. The standard InChI is InChI=1S/C16H26N2O2/c1-4-10-16(3,17)15(19)18-11-13-8-6-7-9-14(13)12-20-5-2/h6-9H,4-5,10-12,17H2,1-3H3,(H,18,19). The van der Waals surface area contributed by atoms with Crippen molar-refractivity contribution in [1.29, 1.82) is 0 Å². The number of ether oxygens (including phenoxy) is 1. The van der Waals surface area contributed by atoms with E-state index in [2.05, 4.69) is 5.32 Å². The molecule has 0 bridgehead atoms. The van der Waals surface area contributed by atoms with E-state index in [0.29, 0.717) is 26.2 Å². The first-order chi connectivity index (χ1) is 9.51. The number of carbonyl (C=O) groups excluding carboxylic acids is 1. The molecule has 1 unspecified atom stereocenters. The smallest absolute Gasteiger partial charge is 0.240 e. The fourth-order valence-corrected chi connectivity index (χ4v) is 2.09. The third kappa shape index (κ3) is 4.94. The Balaban J connectivity index is 2.63. The summed E-state index contributed by atoms with van der Waals surface area (Å²) in [5, 5.41) is 2.92. The third-order valence-electron chi connectivity index (χ3n) is 3.31. The Hall–Kier alpha value is -1.39. The first-order valence-electron chi connectivity index (χ1n) is 7.23. The molecule has 1 aromatic rings. The van der Waals surface area contributed by atoms with Gasteiger partial charge in [-0.2, -0.15) is 0 Å². The molecule has 0 radical (unpaired) electrons. The molecule has 1 aromatic carbocycles. The molecule has 0 spiro atoms. The molecule has 1 amide bonds. The fraction of sp³-hybridized carbons (Fsp3) is 0.562. The van der Waals surface area contributed by atoms with Gasteiger partial charge in [0.05, 0.1) is 12.1 Å². The first-order valence-corrected chi connectivity index (χ1v) is 7.23. The zero-order chi connectivity index (χ0) is 15.0. The molecule has 1 rings (SSSR count). The van der Waals surface area contributed by atoms with Gasteiger partial charge in [-0.15, -0.1) is 0 Å². The minimum Gasteiger partial charge on any atom is -0.377 e. The monoisotopic (exact) mass is 278 g/mol. The summed E-state index contributed by atoms with van der Waals surface area (Å²) in [5.74, 6) is -0.106. The number of hydrogen-bond acceptors (Lipinski definition) is 3. The molecule has 0 aliphatic heterocycles. The number of nitrogens with one attached hydrogen (secondary N) is 1. The lowest BCUT2D eigenvalue weighted by molar-refractivity contribution is -0.126. The van der Waals surface area contributed by atoms with Gasteiger partial charge in [-0.25, -0.2) is 0 Å². The van der Waals surface area contributed by atoms with Gasteiger partial charge in [0.15, 0.2) is 0 Å². The van der Waals surface area contributed by atoms with Gasteiger partial charge >= 0.3 is 0 Å². The lowest BCUT2D eigenvalue weighted by Gasteiger charge is -2.23. The average molecular weight is 278 g/mol. The van der Waals surface area contributed by atoms with Gasteiger partial charge in [0.1, 0.15) is 0 Å². The molecule has 0 aromatic heterocycles. The van der Waals surface area contributed by atoms with Crippen molar-refractivity contribution in [2.45, 2.75) is 52.3 Å². The summed E-state index contributed by atoms with van der Waals surface area (Å²) in [5.41, 5.74) is 7.39. The molecular weight excluding hydrogens is 252 g/mol. The molecule has 0 fully saturated rings. The van der Waals surface area contributed by atoms with Crippen LogP contribution in [0.15, 0.2) is 24.3 Å². The average Bonchev–Trinajstić information content (AvgIpc) is 2.43. The van der Waals surface area contributed by atoms with Crippen LogP contribution in [0.1, 0.15) is 44.7 Å². The normalized spacial score (nSPS) is 13.8.